The van der Waals surface area contributed by atoms with Crippen LogP contribution in [-0.4, -0.2) is 54.8 Å². The number of nitrogens with two attached hydrogens (primary N) is 1. The van der Waals surface area contributed by atoms with Crippen LogP contribution in [0, 0.1) is 5.41 Å². The summed E-state index contributed by atoms with van der Waals surface area (Å²) < 4.78 is 29.3. The number of sulfonamides is 1. The van der Waals surface area contributed by atoms with Crippen molar-refractivity contribution < 1.29 is 23.1 Å². The fraction of sp³-hybridized carbons (Fsp3) is 0.269. The van der Waals surface area contributed by atoms with E-state index in [4.69, 9.17) is 11.1 Å². The van der Waals surface area contributed by atoms with Gasteiger partial charge >= 0.3 is 5.97 Å². The molecular formula is C26H28N4O5S. The zero-order valence-corrected chi connectivity index (χ0v) is 20.4. The zero-order valence-electron chi connectivity index (χ0n) is 19.6. The largest absolute Gasteiger partial charge is 0.480 e. The monoisotopic (exact) mass is 508 g/mol. The van der Waals surface area contributed by atoms with Crippen molar-refractivity contribution in [1.82, 2.24) is 9.62 Å². The molecule has 1 heterocycles. The molecule has 1 fully saturated rings. The van der Waals surface area contributed by atoms with E-state index in [1.807, 2.05) is 18.2 Å². The van der Waals surface area contributed by atoms with Crippen LogP contribution in [0.2, 0.25) is 0 Å². The number of aliphatic carboxylic acids is 1. The first-order chi connectivity index (χ1) is 17.2. The number of likely N-dealkylation sites (tertiary alicyclic amines) is 1. The number of carboxylic acid groups (broad SMARTS) is 1. The van der Waals surface area contributed by atoms with Crippen molar-refractivity contribution in [2.24, 2.45) is 5.73 Å². The fourth-order valence-electron chi connectivity index (χ4n) is 4.52. The number of piperidine rings is 1. The second-order valence-electron chi connectivity index (χ2n) is 8.88. The van der Waals surface area contributed by atoms with Gasteiger partial charge in [-0.1, -0.05) is 48.5 Å². The number of rotatable bonds is 8. The van der Waals surface area contributed by atoms with Gasteiger partial charge in [-0.15, -0.1) is 0 Å². The summed E-state index contributed by atoms with van der Waals surface area (Å²) in [4.78, 5) is 26.7. The van der Waals surface area contributed by atoms with Crippen LogP contribution >= 0.6 is 0 Å². The van der Waals surface area contributed by atoms with Crippen LogP contribution in [-0.2, 0) is 26.0 Å². The molecule has 5 N–H and O–H groups in total. The first-order valence-corrected chi connectivity index (χ1v) is 13.1. The molecule has 1 aliphatic rings. The molecule has 2 unspecified atom stereocenters. The number of amidine groups is 1. The molecular weight excluding hydrogens is 480 g/mol. The van der Waals surface area contributed by atoms with Crippen LogP contribution in [0.3, 0.4) is 0 Å². The first-order valence-electron chi connectivity index (χ1n) is 11.6. The number of amides is 1. The van der Waals surface area contributed by atoms with Crippen LogP contribution in [0.25, 0.3) is 10.8 Å². The molecule has 0 saturated carbocycles. The summed E-state index contributed by atoms with van der Waals surface area (Å²) in [6.45, 7) is 0.234. The van der Waals surface area contributed by atoms with Gasteiger partial charge in [0, 0.05) is 12.1 Å². The van der Waals surface area contributed by atoms with E-state index in [0.717, 1.165) is 10.8 Å². The van der Waals surface area contributed by atoms with Crippen molar-refractivity contribution in [1.29, 1.82) is 5.41 Å². The molecule has 3 aromatic rings. The molecule has 4 rings (SSSR count). The van der Waals surface area contributed by atoms with E-state index < -0.39 is 34.0 Å². The Bertz CT molecular complexity index is 1420. The van der Waals surface area contributed by atoms with E-state index in [9.17, 15) is 23.1 Å². The van der Waals surface area contributed by atoms with Gasteiger partial charge in [0.05, 0.1) is 4.90 Å². The maximum absolute atomic E-state index is 13.6. The zero-order chi connectivity index (χ0) is 25.9. The Morgan fingerprint density at radius 1 is 1.06 bits per heavy atom. The molecule has 9 nitrogen and oxygen atoms in total. The molecule has 1 saturated heterocycles. The Kier molecular flexibility index (Phi) is 7.37. The summed E-state index contributed by atoms with van der Waals surface area (Å²) in [6, 6.07) is 16.4. The van der Waals surface area contributed by atoms with Crippen molar-refractivity contribution in [2.45, 2.75) is 42.7 Å². The highest BCUT2D eigenvalue weighted by Gasteiger charge is 2.37. The Morgan fingerprint density at radius 2 is 1.81 bits per heavy atom. The number of fused-ring (bicyclic) bond motifs is 1. The third-order valence-electron chi connectivity index (χ3n) is 6.38. The summed E-state index contributed by atoms with van der Waals surface area (Å²) in [5.41, 5.74) is 6.63. The molecule has 188 valence electrons. The Labute approximate surface area is 209 Å². The number of carbonyl (C=O) groups is 2. The van der Waals surface area contributed by atoms with Crippen LogP contribution < -0.4 is 10.5 Å². The summed E-state index contributed by atoms with van der Waals surface area (Å²) in [7, 11) is -4.13. The van der Waals surface area contributed by atoms with Crippen molar-refractivity contribution in [3.05, 3.63) is 77.9 Å². The lowest BCUT2D eigenvalue weighted by Gasteiger charge is -2.35. The number of nitrogens with zero attached hydrogens (tertiary/aromatic N) is 1. The maximum atomic E-state index is 13.6. The van der Waals surface area contributed by atoms with E-state index in [2.05, 4.69) is 4.72 Å². The van der Waals surface area contributed by atoms with Crippen LogP contribution in [0.1, 0.15) is 30.4 Å². The normalized spacial score (nSPS) is 17.0. The first kappa shape index (κ1) is 25.3. The molecule has 10 heteroatoms. The van der Waals surface area contributed by atoms with Crippen molar-refractivity contribution in [3.63, 3.8) is 0 Å². The number of nitrogens with one attached hydrogen (secondary N) is 2. The average Bonchev–Trinajstić information content (AvgIpc) is 2.87. The second-order valence-corrected chi connectivity index (χ2v) is 10.6. The predicted octanol–water partition coefficient (Wildman–Crippen LogP) is 2.48. The average molecular weight is 509 g/mol. The van der Waals surface area contributed by atoms with E-state index in [1.54, 1.807) is 36.4 Å². The van der Waals surface area contributed by atoms with Gasteiger partial charge in [-0.25, -0.2) is 13.2 Å². The summed E-state index contributed by atoms with van der Waals surface area (Å²) in [5, 5.41) is 19.0. The Hall–Kier alpha value is -3.76. The minimum Gasteiger partial charge on any atom is -0.480 e. The number of hydrogen-bond acceptors (Lipinski definition) is 5. The van der Waals surface area contributed by atoms with Gasteiger partial charge in [0.2, 0.25) is 15.9 Å². The lowest BCUT2D eigenvalue weighted by atomic mass is 9.98. The minimum absolute atomic E-state index is 0.00455. The van der Waals surface area contributed by atoms with Crippen molar-refractivity contribution >= 4 is 38.5 Å². The van der Waals surface area contributed by atoms with Gasteiger partial charge in [-0.05, 0) is 60.2 Å². The molecule has 0 aliphatic carbocycles. The third kappa shape index (κ3) is 5.55. The molecule has 2 atom stereocenters. The molecule has 1 aliphatic heterocycles. The Morgan fingerprint density at radius 3 is 2.53 bits per heavy atom. The lowest BCUT2D eigenvalue weighted by Crippen LogP contribution is -2.56. The summed E-state index contributed by atoms with van der Waals surface area (Å²) in [5.74, 6) is -1.86. The van der Waals surface area contributed by atoms with Crippen molar-refractivity contribution in [3.8, 4) is 0 Å². The third-order valence-corrected chi connectivity index (χ3v) is 7.84. The molecule has 1 amide bonds. The SMILES string of the molecule is N=C(N)c1cccc(CC(NS(=O)(=O)c2ccc3ccccc3c2)C(=O)N2CCCCC2C(=O)O)c1. The number of benzene rings is 3. The van der Waals surface area contributed by atoms with E-state index in [-0.39, 0.29) is 23.7 Å². The van der Waals surface area contributed by atoms with Crippen LogP contribution in [0.5, 0.6) is 0 Å². The minimum atomic E-state index is -4.13. The van der Waals surface area contributed by atoms with E-state index in [0.29, 0.717) is 30.4 Å². The topological polar surface area (TPSA) is 154 Å². The van der Waals surface area contributed by atoms with E-state index >= 15 is 0 Å². The molecule has 36 heavy (non-hydrogen) atoms. The number of carboxylic acids is 1. The molecule has 3 aromatic carbocycles. The van der Waals surface area contributed by atoms with E-state index in [1.165, 1.54) is 17.0 Å². The predicted molar refractivity (Wildman–Crippen MR) is 136 cm³/mol. The standard InChI is InChI=1S/C26H28N4O5S/c27-24(28)20-9-5-6-17(14-20)15-22(25(31)30-13-4-3-10-23(30)26(32)33)29-36(34,35)21-12-11-18-7-1-2-8-19(18)16-21/h1-2,5-9,11-12,14,16,22-23,29H,3-4,10,13,15H2,(H3,27,28)(H,32,33). The van der Waals surface area contributed by atoms with Gasteiger partial charge in [0.15, 0.2) is 0 Å². The Balaban J connectivity index is 1.69. The summed E-state index contributed by atoms with van der Waals surface area (Å²) in [6.07, 6.45) is 1.59. The van der Waals surface area contributed by atoms with Gasteiger partial charge in [-0.2, -0.15) is 4.72 Å². The quantitative estimate of drug-likeness (QED) is 0.271. The highest BCUT2D eigenvalue weighted by atomic mass is 32.2. The van der Waals surface area contributed by atoms with Crippen LogP contribution in [0.4, 0.5) is 0 Å². The number of nitrogen functional groups attached to an aromatic ring is 1. The van der Waals surface area contributed by atoms with Gasteiger partial charge in [-0.3, -0.25) is 10.2 Å². The summed E-state index contributed by atoms with van der Waals surface area (Å²) >= 11 is 0. The smallest absolute Gasteiger partial charge is 0.326 e. The molecule has 0 spiro atoms. The van der Waals surface area contributed by atoms with Gasteiger partial charge < -0.3 is 15.7 Å². The highest BCUT2D eigenvalue weighted by Crippen LogP contribution is 2.22. The van der Waals surface area contributed by atoms with Crippen LogP contribution in [0.15, 0.2) is 71.6 Å². The molecule has 0 aromatic heterocycles. The van der Waals surface area contributed by atoms with Gasteiger partial charge in [0.25, 0.3) is 0 Å². The number of hydrogen-bond donors (Lipinski definition) is 4. The maximum Gasteiger partial charge on any atom is 0.326 e. The fourth-order valence-corrected chi connectivity index (χ4v) is 5.75. The van der Waals surface area contributed by atoms with Gasteiger partial charge in [0.1, 0.15) is 17.9 Å². The lowest BCUT2D eigenvalue weighted by molar-refractivity contribution is -0.152. The van der Waals surface area contributed by atoms with Crippen molar-refractivity contribution in [2.75, 3.05) is 6.54 Å². The molecule has 0 bridgehead atoms. The molecule has 0 radical (unpaired) electrons. The highest BCUT2D eigenvalue weighted by molar-refractivity contribution is 7.89. The number of carbonyl (C=O) groups excluding carboxylic acids is 1. The second kappa shape index (κ2) is 10.5.